The van der Waals surface area contributed by atoms with Gasteiger partial charge in [0.2, 0.25) is 5.91 Å². The Morgan fingerprint density at radius 3 is 2.94 bits per heavy atom. The molecule has 1 heterocycles. The monoisotopic (exact) mass is 248 g/mol. The summed E-state index contributed by atoms with van der Waals surface area (Å²) in [5.74, 6) is 0.120. The molecule has 18 heavy (non-hydrogen) atoms. The highest BCUT2D eigenvalue weighted by atomic mass is 16.3. The van der Waals surface area contributed by atoms with Crippen molar-refractivity contribution in [3.63, 3.8) is 0 Å². The number of nitrogens with two attached hydrogens (primary N) is 1. The maximum Gasteiger partial charge on any atom is 0.223 e. The minimum Gasteiger partial charge on any atom is -0.399 e. The van der Waals surface area contributed by atoms with Gasteiger partial charge < -0.3 is 15.7 Å². The number of para-hydroxylation sites is 1. The number of carbonyl (C=O) groups excluding carboxylic acids is 1. The normalized spacial score (nSPS) is 19.2. The first-order valence-electron chi connectivity index (χ1n) is 6.46. The Morgan fingerprint density at radius 2 is 2.22 bits per heavy atom. The number of amides is 1. The summed E-state index contributed by atoms with van der Waals surface area (Å²) in [5, 5.41) is 9.20. The molecule has 4 heteroatoms. The summed E-state index contributed by atoms with van der Waals surface area (Å²) < 4.78 is 0. The lowest BCUT2D eigenvalue weighted by Gasteiger charge is -2.23. The molecule has 98 valence electrons. The number of aliphatic hydroxyl groups is 1. The largest absolute Gasteiger partial charge is 0.399 e. The van der Waals surface area contributed by atoms with Crippen molar-refractivity contribution in [1.29, 1.82) is 0 Å². The van der Waals surface area contributed by atoms with Gasteiger partial charge in [0, 0.05) is 18.7 Å². The number of hydrogen-bond donors (Lipinski definition) is 2. The van der Waals surface area contributed by atoms with E-state index in [1.165, 1.54) is 0 Å². The Morgan fingerprint density at radius 1 is 1.44 bits per heavy atom. The van der Waals surface area contributed by atoms with Crippen LogP contribution in [0, 0.1) is 0 Å². The number of nitrogen functional groups attached to an aromatic ring is 1. The molecule has 1 saturated heterocycles. The Hall–Kier alpha value is -1.55. The highest BCUT2D eigenvalue weighted by Crippen LogP contribution is 2.19. The molecule has 1 aliphatic rings. The summed E-state index contributed by atoms with van der Waals surface area (Å²) in [4.78, 5) is 13.9. The molecule has 1 unspecified atom stereocenters. The van der Waals surface area contributed by atoms with E-state index in [0.717, 1.165) is 30.6 Å². The third-order valence-electron chi connectivity index (χ3n) is 3.57. The molecule has 3 N–H and O–H groups in total. The molecule has 1 fully saturated rings. The maximum atomic E-state index is 12.1. The Kier molecular flexibility index (Phi) is 4.20. The van der Waals surface area contributed by atoms with Gasteiger partial charge in [-0.2, -0.15) is 0 Å². The quantitative estimate of drug-likeness (QED) is 0.786. The van der Waals surface area contributed by atoms with Crippen LogP contribution in [0.4, 0.5) is 5.69 Å². The highest BCUT2D eigenvalue weighted by molar-refractivity contribution is 5.77. The average molecular weight is 248 g/mol. The molecule has 0 saturated carbocycles. The van der Waals surface area contributed by atoms with E-state index in [4.69, 9.17) is 5.73 Å². The second-order valence-electron chi connectivity index (χ2n) is 4.76. The maximum absolute atomic E-state index is 12.1. The Bertz CT molecular complexity index is 420. The first-order valence-corrected chi connectivity index (χ1v) is 6.46. The van der Waals surface area contributed by atoms with Gasteiger partial charge in [0.15, 0.2) is 0 Å². The van der Waals surface area contributed by atoms with Crippen LogP contribution in [0.1, 0.15) is 24.8 Å². The Labute approximate surface area is 107 Å². The summed E-state index contributed by atoms with van der Waals surface area (Å²) in [6, 6.07) is 7.65. The van der Waals surface area contributed by atoms with Crippen LogP contribution in [0.15, 0.2) is 24.3 Å². The summed E-state index contributed by atoms with van der Waals surface area (Å²) in [6.45, 7) is 0.841. The van der Waals surface area contributed by atoms with Gasteiger partial charge in [-0.1, -0.05) is 18.2 Å². The number of aryl methyl sites for hydroxylation is 1. The average Bonchev–Trinajstić information content (AvgIpc) is 2.86. The molecule has 2 rings (SSSR count). The smallest absolute Gasteiger partial charge is 0.223 e. The van der Waals surface area contributed by atoms with Crippen molar-refractivity contribution in [2.75, 3.05) is 18.9 Å². The van der Waals surface area contributed by atoms with Crippen molar-refractivity contribution in [3.8, 4) is 0 Å². The fourth-order valence-corrected chi connectivity index (χ4v) is 2.50. The number of nitrogens with zero attached hydrogens (tertiary/aromatic N) is 1. The predicted molar refractivity (Wildman–Crippen MR) is 71.0 cm³/mol. The fraction of sp³-hybridized carbons (Fsp3) is 0.500. The minimum atomic E-state index is 0.0191. The van der Waals surface area contributed by atoms with Crippen molar-refractivity contribution in [2.45, 2.75) is 31.7 Å². The number of anilines is 1. The van der Waals surface area contributed by atoms with E-state index in [2.05, 4.69) is 0 Å². The molecule has 1 amide bonds. The van der Waals surface area contributed by atoms with E-state index in [-0.39, 0.29) is 18.6 Å². The van der Waals surface area contributed by atoms with E-state index in [9.17, 15) is 9.90 Å². The van der Waals surface area contributed by atoms with Crippen molar-refractivity contribution >= 4 is 11.6 Å². The van der Waals surface area contributed by atoms with Crippen LogP contribution < -0.4 is 5.73 Å². The minimum absolute atomic E-state index is 0.0191. The zero-order chi connectivity index (χ0) is 13.0. The standard InChI is InChI=1S/C14H20N2O2/c15-13-6-2-1-4-11(13)7-8-14(18)16-9-3-5-12(16)10-17/h1-2,4,6,12,17H,3,5,7-10,15H2. The number of likely N-dealkylation sites (tertiary alicyclic amines) is 1. The number of rotatable bonds is 4. The van der Waals surface area contributed by atoms with Gasteiger partial charge in [-0.25, -0.2) is 0 Å². The first-order chi connectivity index (χ1) is 8.72. The van der Waals surface area contributed by atoms with Crippen LogP contribution in [-0.2, 0) is 11.2 Å². The molecule has 0 bridgehead atoms. The topological polar surface area (TPSA) is 66.6 Å². The van der Waals surface area contributed by atoms with Crippen LogP contribution in [0.5, 0.6) is 0 Å². The van der Waals surface area contributed by atoms with E-state index >= 15 is 0 Å². The summed E-state index contributed by atoms with van der Waals surface area (Å²) in [6.07, 6.45) is 3.03. The van der Waals surface area contributed by atoms with Gasteiger partial charge in [-0.3, -0.25) is 4.79 Å². The molecule has 4 nitrogen and oxygen atoms in total. The SMILES string of the molecule is Nc1ccccc1CCC(=O)N1CCCC1CO. The van der Waals surface area contributed by atoms with Crippen molar-refractivity contribution in [2.24, 2.45) is 0 Å². The van der Waals surface area contributed by atoms with Crippen LogP contribution in [0.25, 0.3) is 0 Å². The van der Waals surface area contributed by atoms with Crippen LogP contribution in [0.3, 0.4) is 0 Å². The molecule has 0 aliphatic carbocycles. The molecule has 1 aliphatic heterocycles. The van der Waals surface area contributed by atoms with Gasteiger partial charge in [-0.15, -0.1) is 0 Å². The zero-order valence-corrected chi connectivity index (χ0v) is 10.5. The number of hydrogen-bond acceptors (Lipinski definition) is 3. The molecule has 1 aromatic carbocycles. The molecule has 1 atom stereocenters. The molecule has 1 aromatic rings. The van der Waals surface area contributed by atoms with Crippen molar-refractivity contribution < 1.29 is 9.90 Å². The van der Waals surface area contributed by atoms with Gasteiger partial charge in [0.25, 0.3) is 0 Å². The van der Waals surface area contributed by atoms with E-state index in [1.807, 2.05) is 24.3 Å². The van der Waals surface area contributed by atoms with E-state index in [1.54, 1.807) is 4.90 Å². The van der Waals surface area contributed by atoms with E-state index < -0.39 is 0 Å². The number of benzene rings is 1. The lowest BCUT2D eigenvalue weighted by atomic mass is 10.1. The number of carbonyl (C=O) groups is 1. The van der Waals surface area contributed by atoms with Gasteiger partial charge in [-0.05, 0) is 30.9 Å². The molecule has 0 radical (unpaired) electrons. The third kappa shape index (κ3) is 2.82. The Balaban J connectivity index is 1.90. The highest BCUT2D eigenvalue weighted by Gasteiger charge is 2.27. The molecular weight excluding hydrogens is 228 g/mol. The van der Waals surface area contributed by atoms with Crippen LogP contribution in [0.2, 0.25) is 0 Å². The lowest BCUT2D eigenvalue weighted by molar-refractivity contribution is -0.132. The lowest BCUT2D eigenvalue weighted by Crippen LogP contribution is -2.37. The van der Waals surface area contributed by atoms with Crippen molar-refractivity contribution in [1.82, 2.24) is 4.90 Å². The van der Waals surface area contributed by atoms with Gasteiger partial charge in [0.05, 0.1) is 12.6 Å². The van der Waals surface area contributed by atoms with Crippen molar-refractivity contribution in [3.05, 3.63) is 29.8 Å². The van der Waals surface area contributed by atoms with E-state index in [0.29, 0.717) is 12.8 Å². The summed E-state index contributed by atoms with van der Waals surface area (Å²) >= 11 is 0. The molecule has 0 spiro atoms. The summed E-state index contributed by atoms with van der Waals surface area (Å²) in [7, 11) is 0. The second kappa shape index (κ2) is 5.87. The fourth-order valence-electron chi connectivity index (χ4n) is 2.50. The third-order valence-corrected chi connectivity index (χ3v) is 3.57. The van der Waals surface area contributed by atoms with Crippen LogP contribution >= 0.6 is 0 Å². The molecular formula is C14H20N2O2. The van der Waals surface area contributed by atoms with Crippen LogP contribution in [-0.4, -0.2) is 35.1 Å². The predicted octanol–water partition coefficient (Wildman–Crippen LogP) is 1.18. The second-order valence-corrected chi connectivity index (χ2v) is 4.76. The first kappa shape index (κ1) is 12.9. The van der Waals surface area contributed by atoms with Gasteiger partial charge >= 0.3 is 0 Å². The molecule has 0 aromatic heterocycles. The number of aliphatic hydroxyl groups excluding tert-OH is 1. The van der Waals surface area contributed by atoms with Gasteiger partial charge in [0.1, 0.15) is 0 Å². The zero-order valence-electron chi connectivity index (χ0n) is 10.5. The summed E-state index contributed by atoms with van der Waals surface area (Å²) in [5.41, 5.74) is 7.61.